The summed E-state index contributed by atoms with van der Waals surface area (Å²) >= 11 is 7.71. The van der Waals surface area contributed by atoms with Gasteiger partial charge in [0.1, 0.15) is 11.5 Å². The second kappa shape index (κ2) is 11.0. The summed E-state index contributed by atoms with van der Waals surface area (Å²) in [5.74, 6) is 1.13. The molecule has 1 aromatic heterocycles. The van der Waals surface area contributed by atoms with Crippen molar-refractivity contribution in [2.24, 2.45) is 5.92 Å². The van der Waals surface area contributed by atoms with E-state index in [4.69, 9.17) is 21.1 Å². The van der Waals surface area contributed by atoms with E-state index in [9.17, 15) is 18.3 Å². The van der Waals surface area contributed by atoms with Crippen LogP contribution in [0, 0.1) is 5.92 Å². The Hall–Kier alpha value is -3.22. The molecule has 2 aromatic carbocycles. The lowest BCUT2D eigenvalue weighted by Gasteiger charge is -2.24. The first-order valence-corrected chi connectivity index (χ1v) is 14.0. The van der Waals surface area contributed by atoms with Gasteiger partial charge in [-0.05, 0) is 36.2 Å². The number of anilines is 2. The Kier molecular flexibility index (Phi) is 8.00. The minimum atomic E-state index is -4.06. The van der Waals surface area contributed by atoms with Crippen LogP contribution in [-0.2, 0) is 16.6 Å². The Morgan fingerprint density at radius 2 is 2.03 bits per heavy atom. The first-order valence-electron chi connectivity index (χ1n) is 11.3. The molecule has 0 saturated carbocycles. The minimum Gasteiger partial charge on any atom is -0.497 e. The van der Waals surface area contributed by atoms with Crippen LogP contribution in [0.5, 0.6) is 11.5 Å². The lowest BCUT2D eigenvalue weighted by atomic mass is 10.1. The third kappa shape index (κ3) is 5.71. The van der Waals surface area contributed by atoms with Crippen LogP contribution in [0.2, 0.25) is 5.02 Å². The van der Waals surface area contributed by atoms with Crippen molar-refractivity contribution < 1.29 is 27.8 Å². The average molecular weight is 567 g/mol. The third-order valence-electron chi connectivity index (χ3n) is 6.19. The number of carboxylic acid groups (broad SMARTS) is 1. The van der Waals surface area contributed by atoms with Gasteiger partial charge in [0, 0.05) is 42.3 Å². The van der Waals surface area contributed by atoms with E-state index in [1.165, 1.54) is 46.0 Å². The van der Waals surface area contributed by atoms with Crippen molar-refractivity contribution in [3.63, 3.8) is 0 Å². The quantitative estimate of drug-likeness (QED) is 0.385. The Bertz CT molecular complexity index is 1370. The second-order valence-electron chi connectivity index (χ2n) is 8.56. The van der Waals surface area contributed by atoms with Crippen molar-refractivity contribution in [3.8, 4) is 11.5 Å². The Labute approximate surface area is 224 Å². The number of carbonyl (C=O) groups is 1. The van der Waals surface area contributed by atoms with Gasteiger partial charge in [-0.3, -0.25) is 0 Å². The Morgan fingerprint density at radius 1 is 1.24 bits per heavy atom. The largest absolute Gasteiger partial charge is 0.497 e. The van der Waals surface area contributed by atoms with Crippen LogP contribution >= 0.6 is 22.9 Å². The number of sulfonamides is 1. The van der Waals surface area contributed by atoms with Gasteiger partial charge < -0.3 is 24.8 Å². The summed E-state index contributed by atoms with van der Waals surface area (Å²) in [6.45, 7) is 2.65. The number of hydrogen-bond donors (Lipinski definition) is 2. The molecule has 1 aliphatic heterocycles. The van der Waals surface area contributed by atoms with Crippen molar-refractivity contribution in [2.75, 3.05) is 36.9 Å². The van der Waals surface area contributed by atoms with E-state index < -0.39 is 16.1 Å². The fourth-order valence-electron chi connectivity index (χ4n) is 4.14. The molecular weight excluding hydrogens is 540 g/mol. The van der Waals surface area contributed by atoms with Crippen molar-refractivity contribution in [3.05, 3.63) is 58.6 Å². The van der Waals surface area contributed by atoms with Crippen LogP contribution < -0.4 is 19.1 Å². The number of amides is 1. The molecule has 2 N–H and O–H groups in total. The van der Waals surface area contributed by atoms with Crippen LogP contribution in [0.3, 0.4) is 0 Å². The summed E-state index contributed by atoms with van der Waals surface area (Å²) in [5, 5.41) is 14.7. The predicted molar refractivity (Wildman–Crippen MR) is 143 cm³/mol. The van der Waals surface area contributed by atoms with Gasteiger partial charge in [0.05, 0.1) is 36.4 Å². The summed E-state index contributed by atoms with van der Waals surface area (Å²) in [6, 6.07) is 9.48. The Morgan fingerprint density at radius 3 is 2.62 bits per heavy atom. The van der Waals surface area contributed by atoms with Crippen molar-refractivity contribution >= 4 is 49.9 Å². The monoisotopic (exact) mass is 566 g/mol. The van der Waals surface area contributed by atoms with Crippen molar-refractivity contribution in [1.82, 2.24) is 9.88 Å². The molecule has 0 spiro atoms. The predicted octanol–water partition coefficient (Wildman–Crippen LogP) is 4.62. The summed E-state index contributed by atoms with van der Waals surface area (Å²) in [4.78, 5) is 16.9. The zero-order chi connectivity index (χ0) is 26.7. The van der Waals surface area contributed by atoms with Gasteiger partial charge in [-0.2, -0.15) is 0 Å². The van der Waals surface area contributed by atoms with Crippen LogP contribution in [-0.4, -0.2) is 62.9 Å². The molecule has 198 valence electrons. The molecule has 1 aliphatic rings. The normalized spacial score (nSPS) is 17.5. The van der Waals surface area contributed by atoms with Crippen molar-refractivity contribution in [1.29, 1.82) is 0 Å². The smallest absolute Gasteiger partial charge is 0.407 e. The lowest BCUT2D eigenvalue weighted by Crippen LogP contribution is -2.31. The van der Waals surface area contributed by atoms with Gasteiger partial charge in [-0.15, -0.1) is 11.3 Å². The summed E-state index contributed by atoms with van der Waals surface area (Å²) in [6.07, 6.45) is 0.566. The maximum absolute atomic E-state index is 13.8. The molecule has 2 heterocycles. The van der Waals surface area contributed by atoms with Gasteiger partial charge in [0.2, 0.25) is 0 Å². The van der Waals surface area contributed by atoms with Gasteiger partial charge in [0.15, 0.2) is 5.13 Å². The number of likely N-dealkylation sites (tertiary alicyclic amines) is 1. The van der Waals surface area contributed by atoms with Gasteiger partial charge in [-0.25, -0.2) is 22.5 Å². The van der Waals surface area contributed by atoms with Crippen LogP contribution in [0.25, 0.3) is 0 Å². The van der Waals surface area contributed by atoms with E-state index in [1.54, 1.807) is 36.8 Å². The number of aromatic nitrogens is 1. The molecule has 4 rings (SSSR count). The molecule has 10 nitrogen and oxygen atoms in total. The number of rotatable bonds is 9. The molecule has 0 unspecified atom stereocenters. The molecule has 1 amide bonds. The first-order chi connectivity index (χ1) is 17.6. The number of halogens is 1. The second-order valence-corrected chi connectivity index (χ2v) is 11.7. The highest BCUT2D eigenvalue weighted by molar-refractivity contribution is 7.93. The van der Waals surface area contributed by atoms with Crippen molar-refractivity contribution in [2.45, 2.75) is 24.4 Å². The number of nitrogens with one attached hydrogen (secondary N) is 1. The molecule has 0 radical (unpaired) electrons. The topological polar surface area (TPSA) is 121 Å². The number of ether oxygens (including phenoxy) is 2. The molecule has 13 heteroatoms. The maximum Gasteiger partial charge on any atom is 0.407 e. The van der Waals surface area contributed by atoms with Gasteiger partial charge >= 0.3 is 6.09 Å². The molecule has 2 atom stereocenters. The fourth-order valence-corrected chi connectivity index (χ4v) is 6.74. The molecular formula is C24H27ClN4O6S2. The van der Waals surface area contributed by atoms with E-state index >= 15 is 0 Å². The van der Waals surface area contributed by atoms with Gasteiger partial charge in [-0.1, -0.05) is 18.5 Å². The average Bonchev–Trinajstić information content (AvgIpc) is 3.53. The summed E-state index contributed by atoms with van der Waals surface area (Å²) < 4.78 is 39.5. The highest BCUT2D eigenvalue weighted by Crippen LogP contribution is 2.34. The zero-order valence-corrected chi connectivity index (χ0v) is 22.8. The van der Waals surface area contributed by atoms with Crippen LogP contribution in [0.1, 0.15) is 12.5 Å². The first kappa shape index (κ1) is 26.8. The number of methoxy groups -OCH3 is 2. The maximum atomic E-state index is 13.8. The fraction of sp³-hybridized carbons (Fsp3) is 0.333. The molecule has 0 aliphatic carbocycles. The van der Waals surface area contributed by atoms with E-state index in [-0.39, 0.29) is 28.4 Å². The molecule has 0 bridgehead atoms. The SMILES string of the molecule is COc1ccc(CN(c2nccs2)S(=O)(=O)c2ccc(N[C@@H]3CN(C(=O)O)C[C@H]3C)c(Cl)c2)c(OC)c1. The number of thiazole rings is 1. The summed E-state index contributed by atoms with van der Waals surface area (Å²) in [5.41, 5.74) is 1.16. The van der Waals surface area contributed by atoms with Crippen LogP contribution in [0.15, 0.2) is 52.9 Å². The van der Waals surface area contributed by atoms with E-state index in [0.29, 0.717) is 41.0 Å². The summed E-state index contributed by atoms with van der Waals surface area (Å²) in [7, 11) is -1.02. The highest BCUT2D eigenvalue weighted by atomic mass is 35.5. The molecule has 3 aromatic rings. The van der Waals surface area contributed by atoms with E-state index in [0.717, 1.165) is 0 Å². The number of hydrogen-bond acceptors (Lipinski definition) is 8. The number of nitrogens with zero attached hydrogens (tertiary/aromatic N) is 3. The van der Waals surface area contributed by atoms with Gasteiger partial charge in [0.25, 0.3) is 10.0 Å². The lowest BCUT2D eigenvalue weighted by molar-refractivity contribution is 0.154. The van der Waals surface area contributed by atoms with E-state index in [1.807, 2.05) is 6.92 Å². The van der Waals surface area contributed by atoms with Crippen LogP contribution in [0.4, 0.5) is 15.6 Å². The minimum absolute atomic E-state index is 0.00244. The third-order valence-corrected chi connectivity index (χ3v) is 9.15. The molecule has 1 saturated heterocycles. The zero-order valence-electron chi connectivity index (χ0n) is 20.4. The Balaban J connectivity index is 1.62. The molecule has 37 heavy (non-hydrogen) atoms. The standard InChI is InChI=1S/C24H27ClN4O6S2/c1-15-12-28(24(30)31)14-21(15)27-20-7-6-18(11-19(20)25)37(32,33)29(23-26-8-9-36-23)13-16-4-5-17(34-2)10-22(16)35-3/h4-11,15,21,27H,12-14H2,1-3H3,(H,30,31)/t15-,21-/m1/s1. The van der Waals surface area contributed by atoms with E-state index in [2.05, 4.69) is 10.3 Å². The number of benzene rings is 2. The highest BCUT2D eigenvalue weighted by Gasteiger charge is 2.33. The molecule has 1 fully saturated rings.